The molecule has 1 saturated carbocycles. The van der Waals surface area contributed by atoms with E-state index < -0.39 is 5.60 Å². The second kappa shape index (κ2) is 5.34. The van der Waals surface area contributed by atoms with Gasteiger partial charge in [-0.25, -0.2) is 9.78 Å². The fourth-order valence-electron chi connectivity index (χ4n) is 3.08. The normalized spacial score (nSPS) is 40.5. The Morgan fingerprint density at radius 2 is 2.05 bits per heavy atom. The van der Waals surface area contributed by atoms with Gasteiger partial charge in [0.2, 0.25) is 0 Å². The number of rotatable bonds is 3. The average Bonchev–Trinajstić information content (AvgIpc) is 2.45. The highest BCUT2D eigenvalue weighted by atomic mass is 32.2. The molecule has 2 fully saturated rings. The lowest BCUT2D eigenvalue weighted by atomic mass is 9.71. The van der Waals surface area contributed by atoms with Gasteiger partial charge >= 0.3 is 0 Å². The van der Waals surface area contributed by atoms with Crippen molar-refractivity contribution in [3.05, 3.63) is 30.3 Å². The van der Waals surface area contributed by atoms with E-state index in [1.54, 1.807) is 11.8 Å². The molecule has 0 aromatic heterocycles. The maximum Gasteiger partial charge on any atom is 0.122 e. The summed E-state index contributed by atoms with van der Waals surface area (Å²) >= 11 is 1.80. The van der Waals surface area contributed by atoms with E-state index in [-0.39, 0.29) is 11.7 Å². The summed E-state index contributed by atoms with van der Waals surface area (Å²) in [6.45, 7) is 3.97. The van der Waals surface area contributed by atoms with Gasteiger partial charge in [0.1, 0.15) is 11.7 Å². The van der Waals surface area contributed by atoms with Crippen molar-refractivity contribution in [1.82, 2.24) is 0 Å². The Bertz CT molecular complexity index is 462. The zero-order valence-electron chi connectivity index (χ0n) is 12.0. The van der Waals surface area contributed by atoms with E-state index in [0.29, 0.717) is 5.92 Å². The van der Waals surface area contributed by atoms with Crippen molar-refractivity contribution < 1.29 is 14.9 Å². The molecule has 4 atom stereocenters. The van der Waals surface area contributed by atoms with Crippen LogP contribution in [0.2, 0.25) is 0 Å². The molecule has 1 heterocycles. The van der Waals surface area contributed by atoms with Crippen LogP contribution in [0.5, 0.6) is 0 Å². The van der Waals surface area contributed by atoms with Gasteiger partial charge in [-0.15, -0.1) is 11.8 Å². The fraction of sp³-hybridized carbons (Fsp3) is 0.625. The molecule has 2 aliphatic rings. The van der Waals surface area contributed by atoms with E-state index in [1.807, 2.05) is 13.0 Å². The highest BCUT2D eigenvalue weighted by Crippen LogP contribution is 2.46. The Kier molecular flexibility index (Phi) is 3.84. The summed E-state index contributed by atoms with van der Waals surface area (Å²) in [5.41, 5.74) is -1.02. The van der Waals surface area contributed by atoms with Crippen LogP contribution in [0.1, 0.15) is 33.1 Å². The van der Waals surface area contributed by atoms with Gasteiger partial charge in [-0.1, -0.05) is 18.2 Å². The minimum Gasteiger partial charge on any atom is -0.387 e. The van der Waals surface area contributed by atoms with E-state index in [9.17, 15) is 5.11 Å². The van der Waals surface area contributed by atoms with Crippen molar-refractivity contribution in [1.29, 1.82) is 0 Å². The van der Waals surface area contributed by atoms with Crippen LogP contribution in [0, 0.1) is 5.92 Å². The summed E-state index contributed by atoms with van der Waals surface area (Å²) in [7, 11) is 0. The topological polar surface area (TPSA) is 38.7 Å². The molecule has 20 heavy (non-hydrogen) atoms. The molecule has 0 unspecified atom stereocenters. The van der Waals surface area contributed by atoms with Gasteiger partial charge < -0.3 is 5.11 Å². The summed E-state index contributed by atoms with van der Waals surface area (Å²) in [5, 5.41) is 10.3. The molecule has 3 rings (SSSR count). The standard InChI is InChI=1S/C16H22O3S/c1-15(17)9-8-12-10-14(15)18-19-16(12,2)11-20-13-6-4-3-5-7-13/h3-7,12,14,17H,8-11H2,1-2H3/t12-,14-,15-,16+/m0/s1. The van der Waals surface area contributed by atoms with Crippen molar-refractivity contribution in [3.63, 3.8) is 0 Å². The number of fused-ring (bicyclic) bond motifs is 2. The van der Waals surface area contributed by atoms with Crippen molar-refractivity contribution >= 4 is 11.8 Å². The first-order chi connectivity index (χ1) is 9.50. The van der Waals surface area contributed by atoms with Crippen LogP contribution in [0.15, 0.2) is 35.2 Å². The van der Waals surface area contributed by atoms with Gasteiger partial charge in [-0.05, 0) is 51.2 Å². The summed E-state index contributed by atoms with van der Waals surface area (Å²) in [6.07, 6.45) is 2.49. The monoisotopic (exact) mass is 294 g/mol. The van der Waals surface area contributed by atoms with Gasteiger partial charge in [0.25, 0.3) is 0 Å². The Labute approximate surface area is 124 Å². The van der Waals surface area contributed by atoms with Crippen molar-refractivity contribution in [2.24, 2.45) is 5.92 Å². The predicted octanol–water partition coefficient (Wildman–Crippen LogP) is 3.42. The molecule has 1 saturated heterocycles. The molecule has 1 aromatic carbocycles. The highest BCUT2D eigenvalue weighted by molar-refractivity contribution is 7.99. The number of thioether (sulfide) groups is 1. The molecule has 1 aromatic rings. The third-order valence-corrected chi connectivity index (χ3v) is 6.00. The summed E-state index contributed by atoms with van der Waals surface area (Å²) < 4.78 is 0. The van der Waals surface area contributed by atoms with E-state index in [1.165, 1.54) is 4.90 Å². The average molecular weight is 294 g/mol. The second-order valence-electron chi connectivity index (χ2n) is 6.41. The van der Waals surface area contributed by atoms with Crippen molar-refractivity contribution in [2.45, 2.75) is 55.3 Å². The maximum absolute atomic E-state index is 10.3. The maximum atomic E-state index is 10.3. The molecule has 2 bridgehead atoms. The first kappa shape index (κ1) is 14.4. The van der Waals surface area contributed by atoms with Gasteiger partial charge in [0.15, 0.2) is 0 Å². The van der Waals surface area contributed by atoms with Crippen LogP contribution in [0.25, 0.3) is 0 Å². The van der Waals surface area contributed by atoms with Crippen LogP contribution < -0.4 is 0 Å². The lowest BCUT2D eigenvalue weighted by molar-refractivity contribution is -0.441. The van der Waals surface area contributed by atoms with Gasteiger partial charge in [-0.2, -0.15) is 0 Å². The van der Waals surface area contributed by atoms with E-state index in [2.05, 4.69) is 31.2 Å². The van der Waals surface area contributed by atoms with Crippen LogP contribution >= 0.6 is 11.8 Å². The Hall–Kier alpha value is -0.550. The first-order valence-corrected chi connectivity index (χ1v) is 8.23. The Morgan fingerprint density at radius 3 is 2.80 bits per heavy atom. The van der Waals surface area contributed by atoms with Crippen LogP contribution in [0.3, 0.4) is 0 Å². The minimum atomic E-state index is -0.746. The molecule has 0 amide bonds. The van der Waals surface area contributed by atoms with Crippen LogP contribution in [-0.2, 0) is 9.78 Å². The molecule has 4 heteroatoms. The third kappa shape index (κ3) is 2.75. The SMILES string of the molecule is C[C@]1(O)CC[C@H]2C[C@@H]1OO[C@]2(C)CSc1ccccc1. The lowest BCUT2D eigenvalue weighted by Crippen LogP contribution is -2.57. The Morgan fingerprint density at radius 1 is 1.30 bits per heavy atom. The zero-order valence-corrected chi connectivity index (χ0v) is 12.9. The van der Waals surface area contributed by atoms with Crippen LogP contribution in [-0.4, -0.2) is 28.2 Å². The third-order valence-electron chi connectivity index (χ3n) is 4.68. The van der Waals surface area contributed by atoms with Gasteiger partial charge in [0, 0.05) is 10.6 Å². The molecule has 1 N–H and O–H groups in total. The number of hydrogen-bond acceptors (Lipinski definition) is 4. The molecular weight excluding hydrogens is 272 g/mol. The van der Waals surface area contributed by atoms with Crippen LogP contribution in [0.4, 0.5) is 0 Å². The van der Waals surface area contributed by atoms with E-state index in [0.717, 1.165) is 25.0 Å². The van der Waals surface area contributed by atoms with E-state index in [4.69, 9.17) is 9.78 Å². The smallest absolute Gasteiger partial charge is 0.122 e. The predicted molar refractivity (Wildman–Crippen MR) is 79.5 cm³/mol. The largest absolute Gasteiger partial charge is 0.387 e. The van der Waals surface area contributed by atoms with E-state index >= 15 is 0 Å². The molecule has 3 nitrogen and oxygen atoms in total. The highest BCUT2D eigenvalue weighted by Gasteiger charge is 2.51. The Balaban J connectivity index is 1.65. The lowest BCUT2D eigenvalue weighted by Gasteiger charge is -2.50. The quantitative estimate of drug-likeness (QED) is 0.685. The molecule has 1 aliphatic carbocycles. The number of hydrogen-bond donors (Lipinski definition) is 1. The zero-order chi connectivity index (χ0) is 14.2. The van der Waals surface area contributed by atoms with Crippen molar-refractivity contribution in [3.8, 4) is 0 Å². The summed E-state index contributed by atoms with van der Waals surface area (Å²) in [5.74, 6) is 1.33. The van der Waals surface area contributed by atoms with Crippen molar-refractivity contribution in [2.75, 3.05) is 5.75 Å². The molecule has 0 spiro atoms. The molecule has 110 valence electrons. The first-order valence-electron chi connectivity index (χ1n) is 7.24. The molecule has 1 aliphatic heterocycles. The molecule has 0 radical (unpaired) electrons. The number of benzene rings is 1. The van der Waals surface area contributed by atoms with Gasteiger partial charge in [-0.3, -0.25) is 0 Å². The fourth-order valence-corrected chi connectivity index (χ4v) is 4.16. The molecular formula is C16H22O3S. The van der Waals surface area contributed by atoms with Gasteiger partial charge in [0.05, 0.1) is 5.60 Å². The minimum absolute atomic E-state index is 0.184. The summed E-state index contributed by atoms with van der Waals surface area (Å²) in [4.78, 5) is 12.5. The number of aliphatic hydroxyl groups is 1. The summed E-state index contributed by atoms with van der Waals surface area (Å²) in [6, 6.07) is 10.4. The second-order valence-corrected chi connectivity index (χ2v) is 7.46.